The van der Waals surface area contributed by atoms with Crippen LogP contribution < -0.4 is 10.1 Å². The van der Waals surface area contributed by atoms with Crippen LogP contribution in [-0.4, -0.2) is 41.3 Å². The summed E-state index contributed by atoms with van der Waals surface area (Å²) in [6.45, 7) is 3.08. The van der Waals surface area contributed by atoms with Crippen LogP contribution in [0.1, 0.15) is 17.4 Å². The third-order valence-electron chi connectivity index (χ3n) is 4.58. The van der Waals surface area contributed by atoms with Crippen molar-refractivity contribution in [2.24, 2.45) is 0 Å². The molecule has 7 nitrogen and oxygen atoms in total. The van der Waals surface area contributed by atoms with Crippen molar-refractivity contribution in [1.82, 2.24) is 15.0 Å². The number of para-hydroxylation sites is 1. The predicted molar refractivity (Wildman–Crippen MR) is 101 cm³/mol. The van der Waals surface area contributed by atoms with E-state index < -0.39 is 0 Å². The molecule has 1 fully saturated rings. The number of nitrogens with one attached hydrogen (secondary N) is 1. The van der Waals surface area contributed by atoms with Gasteiger partial charge in [-0.05, 0) is 36.8 Å². The number of urea groups is 1. The summed E-state index contributed by atoms with van der Waals surface area (Å²) in [4.78, 5) is 18.5. The molecule has 0 spiro atoms. The molecule has 1 aliphatic rings. The van der Waals surface area contributed by atoms with Crippen molar-refractivity contribution in [3.05, 3.63) is 60.0 Å². The highest BCUT2D eigenvalue weighted by molar-refractivity contribution is 5.90. The number of carbonyl (C=O) groups is 1. The van der Waals surface area contributed by atoms with Crippen molar-refractivity contribution in [3.63, 3.8) is 0 Å². The molecule has 138 valence electrons. The van der Waals surface area contributed by atoms with Crippen LogP contribution in [0.2, 0.25) is 0 Å². The van der Waals surface area contributed by atoms with Gasteiger partial charge in [-0.1, -0.05) is 29.4 Å². The minimum Gasteiger partial charge on any atom is -0.496 e. The highest BCUT2D eigenvalue weighted by atomic mass is 16.5. The average molecular weight is 364 g/mol. The first-order valence-corrected chi connectivity index (χ1v) is 8.73. The van der Waals surface area contributed by atoms with Gasteiger partial charge in [0.05, 0.1) is 18.6 Å². The number of hydrogen-bond acceptors (Lipinski definition) is 5. The maximum atomic E-state index is 12.3. The maximum absolute atomic E-state index is 12.3. The third-order valence-corrected chi connectivity index (χ3v) is 4.58. The molecular formula is C20H20N4O3. The number of anilines is 1. The van der Waals surface area contributed by atoms with Crippen LogP contribution in [0.4, 0.5) is 10.5 Å². The second kappa shape index (κ2) is 7.11. The van der Waals surface area contributed by atoms with E-state index >= 15 is 0 Å². The highest BCUT2D eigenvalue weighted by Gasteiger charge is 2.36. The Balaban J connectivity index is 1.39. The number of amides is 2. The molecule has 7 heteroatoms. The third kappa shape index (κ3) is 3.48. The van der Waals surface area contributed by atoms with E-state index in [-0.39, 0.29) is 11.9 Å². The van der Waals surface area contributed by atoms with Gasteiger partial charge >= 0.3 is 6.03 Å². The quantitative estimate of drug-likeness (QED) is 0.764. The molecule has 0 unspecified atom stereocenters. The van der Waals surface area contributed by atoms with Gasteiger partial charge in [0.2, 0.25) is 11.7 Å². The largest absolute Gasteiger partial charge is 0.496 e. The van der Waals surface area contributed by atoms with Crippen molar-refractivity contribution in [2.75, 3.05) is 25.5 Å². The number of ether oxygens (including phenoxy) is 1. The number of likely N-dealkylation sites (tertiary alicyclic amines) is 1. The molecule has 1 N–H and O–H groups in total. The van der Waals surface area contributed by atoms with E-state index in [0.29, 0.717) is 30.6 Å². The SMILES string of the molecule is COc1ccccc1-c1noc(C2CN(C(=O)Nc3cccc(C)c3)C2)n1. The molecule has 27 heavy (non-hydrogen) atoms. The molecule has 1 aromatic heterocycles. The van der Waals surface area contributed by atoms with Gasteiger partial charge in [0, 0.05) is 18.8 Å². The Labute approximate surface area is 156 Å². The van der Waals surface area contributed by atoms with Crippen molar-refractivity contribution < 1.29 is 14.1 Å². The van der Waals surface area contributed by atoms with Gasteiger partial charge in [-0.2, -0.15) is 4.98 Å². The van der Waals surface area contributed by atoms with Gasteiger partial charge in [-0.25, -0.2) is 4.79 Å². The minimum absolute atomic E-state index is 0.0456. The zero-order chi connectivity index (χ0) is 18.8. The summed E-state index contributed by atoms with van der Waals surface area (Å²) in [6.07, 6.45) is 0. The van der Waals surface area contributed by atoms with Crippen LogP contribution in [0.15, 0.2) is 53.1 Å². The summed E-state index contributed by atoms with van der Waals surface area (Å²) < 4.78 is 10.7. The molecule has 0 atom stereocenters. The lowest BCUT2D eigenvalue weighted by atomic mass is 10.0. The van der Waals surface area contributed by atoms with E-state index in [1.54, 1.807) is 12.0 Å². The molecule has 1 saturated heterocycles. The minimum atomic E-state index is -0.124. The molecule has 3 aromatic rings. The van der Waals surface area contributed by atoms with E-state index in [2.05, 4.69) is 15.5 Å². The second-order valence-corrected chi connectivity index (χ2v) is 6.56. The second-order valence-electron chi connectivity index (χ2n) is 6.56. The fourth-order valence-electron chi connectivity index (χ4n) is 3.07. The first kappa shape index (κ1) is 17.1. The maximum Gasteiger partial charge on any atom is 0.321 e. The molecule has 2 aromatic carbocycles. The Hall–Kier alpha value is -3.35. The number of methoxy groups -OCH3 is 1. The number of nitrogens with zero attached hydrogens (tertiary/aromatic N) is 3. The number of aromatic nitrogens is 2. The fourth-order valence-corrected chi connectivity index (χ4v) is 3.07. The highest BCUT2D eigenvalue weighted by Crippen LogP contribution is 2.31. The number of benzene rings is 2. The molecule has 0 saturated carbocycles. The van der Waals surface area contributed by atoms with E-state index in [4.69, 9.17) is 9.26 Å². The Bertz CT molecular complexity index is 963. The number of carbonyl (C=O) groups excluding carboxylic acids is 1. The molecule has 1 aliphatic heterocycles. The van der Waals surface area contributed by atoms with Crippen LogP contribution in [0.5, 0.6) is 5.75 Å². The monoisotopic (exact) mass is 364 g/mol. The van der Waals surface area contributed by atoms with Gasteiger partial charge in [-0.3, -0.25) is 0 Å². The predicted octanol–water partition coefficient (Wildman–Crippen LogP) is 3.68. The Morgan fingerprint density at radius 2 is 2.04 bits per heavy atom. The lowest BCUT2D eigenvalue weighted by molar-refractivity contribution is 0.147. The van der Waals surface area contributed by atoms with Crippen molar-refractivity contribution >= 4 is 11.7 Å². The summed E-state index contributed by atoms with van der Waals surface area (Å²) in [7, 11) is 1.61. The molecule has 0 radical (unpaired) electrons. The van der Waals surface area contributed by atoms with Gasteiger partial charge in [-0.15, -0.1) is 0 Å². The summed E-state index contributed by atoms with van der Waals surface area (Å²) in [5.41, 5.74) is 2.67. The molecular weight excluding hydrogens is 344 g/mol. The summed E-state index contributed by atoms with van der Waals surface area (Å²) >= 11 is 0. The van der Waals surface area contributed by atoms with E-state index in [0.717, 1.165) is 16.8 Å². The zero-order valence-corrected chi connectivity index (χ0v) is 15.2. The summed E-state index contributed by atoms with van der Waals surface area (Å²) in [5, 5.41) is 6.97. The Morgan fingerprint density at radius 1 is 1.22 bits per heavy atom. The summed E-state index contributed by atoms with van der Waals surface area (Å²) in [5.74, 6) is 1.77. The number of rotatable bonds is 4. The molecule has 0 bridgehead atoms. The topological polar surface area (TPSA) is 80.5 Å². The fraction of sp³-hybridized carbons (Fsp3) is 0.250. The van der Waals surface area contributed by atoms with Gasteiger partial charge in [0.1, 0.15) is 5.75 Å². The van der Waals surface area contributed by atoms with Crippen LogP contribution >= 0.6 is 0 Å². The lowest BCUT2D eigenvalue weighted by Gasteiger charge is -2.36. The van der Waals surface area contributed by atoms with Crippen molar-refractivity contribution in [3.8, 4) is 17.1 Å². The average Bonchev–Trinajstić information content (AvgIpc) is 3.10. The first-order chi connectivity index (χ1) is 13.1. The molecule has 2 heterocycles. The number of hydrogen-bond donors (Lipinski definition) is 1. The van der Waals surface area contributed by atoms with E-state index in [1.807, 2.05) is 55.5 Å². The van der Waals surface area contributed by atoms with Crippen LogP contribution in [0.3, 0.4) is 0 Å². The number of aryl methyl sites for hydroxylation is 1. The van der Waals surface area contributed by atoms with Crippen molar-refractivity contribution in [1.29, 1.82) is 0 Å². The van der Waals surface area contributed by atoms with Crippen LogP contribution in [0.25, 0.3) is 11.4 Å². The van der Waals surface area contributed by atoms with Crippen LogP contribution in [-0.2, 0) is 0 Å². The summed E-state index contributed by atoms with van der Waals surface area (Å²) in [6, 6.07) is 15.1. The molecule has 2 amide bonds. The van der Waals surface area contributed by atoms with Gasteiger partial charge in [0.25, 0.3) is 0 Å². The van der Waals surface area contributed by atoms with Crippen LogP contribution in [0, 0.1) is 6.92 Å². The van der Waals surface area contributed by atoms with Gasteiger partial charge < -0.3 is 19.5 Å². The Kier molecular flexibility index (Phi) is 4.50. The Morgan fingerprint density at radius 3 is 2.81 bits per heavy atom. The normalized spacial score (nSPS) is 13.9. The lowest BCUT2D eigenvalue weighted by Crippen LogP contribution is -2.50. The molecule has 4 rings (SSSR count). The van der Waals surface area contributed by atoms with Gasteiger partial charge in [0.15, 0.2) is 0 Å². The van der Waals surface area contributed by atoms with E-state index in [1.165, 1.54) is 0 Å². The standard InChI is InChI=1S/C20H20N4O3/c1-13-6-5-7-15(10-13)21-20(25)24-11-14(12-24)19-22-18(23-27-19)16-8-3-4-9-17(16)26-2/h3-10,14H,11-12H2,1-2H3,(H,21,25). The molecule has 0 aliphatic carbocycles. The van der Waals surface area contributed by atoms with Crippen molar-refractivity contribution in [2.45, 2.75) is 12.8 Å². The first-order valence-electron chi connectivity index (χ1n) is 8.73. The smallest absolute Gasteiger partial charge is 0.321 e. The zero-order valence-electron chi connectivity index (χ0n) is 15.2. The van der Waals surface area contributed by atoms with E-state index in [9.17, 15) is 4.79 Å².